The third-order valence-corrected chi connectivity index (χ3v) is 3.94. The monoisotopic (exact) mass is 309 g/mol. The number of carbonyl (C=O) groups excluding carboxylic acids is 1. The smallest absolute Gasteiger partial charge is 0.227 e. The minimum absolute atomic E-state index is 0.187. The van der Waals surface area contributed by atoms with E-state index in [0.717, 1.165) is 17.8 Å². The van der Waals surface area contributed by atoms with Crippen LogP contribution in [-0.2, 0) is 11.2 Å². The Morgan fingerprint density at radius 2 is 2.13 bits per heavy atom. The van der Waals surface area contributed by atoms with Gasteiger partial charge < -0.3 is 10.2 Å². The van der Waals surface area contributed by atoms with Crippen molar-refractivity contribution in [3.63, 3.8) is 0 Å². The molecule has 116 valence electrons. The predicted molar refractivity (Wildman–Crippen MR) is 84.6 cm³/mol. The lowest BCUT2D eigenvalue weighted by atomic mass is 10.0. The van der Waals surface area contributed by atoms with E-state index >= 15 is 0 Å². The molecule has 8 nitrogen and oxygen atoms in total. The second-order valence-electron chi connectivity index (χ2n) is 5.35. The summed E-state index contributed by atoms with van der Waals surface area (Å²) in [5, 5.41) is 18.7. The number of tetrazole rings is 1. The highest BCUT2D eigenvalue weighted by molar-refractivity contribution is 5.96. The summed E-state index contributed by atoms with van der Waals surface area (Å²) in [5.41, 5.74) is 3.69. The predicted octanol–water partition coefficient (Wildman–Crippen LogP) is 1.56. The Labute approximate surface area is 132 Å². The number of fused-ring (bicyclic) bond motifs is 2. The van der Waals surface area contributed by atoms with Crippen molar-refractivity contribution in [1.29, 1.82) is 0 Å². The van der Waals surface area contributed by atoms with E-state index in [2.05, 4.69) is 32.0 Å². The van der Waals surface area contributed by atoms with E-state index in [1.807, 2.05) is 30.0 Å². The average Bonchev–Trinajstić information content (AvgIpc) is 3.02. The van der Waals surface area contributed by atoms with Crippen LogP contribution in [0.5, 0.6) is 0 Å². The Bertz CT molecular complexity index is 888. The number of nitrogens with one attached hydrogen (secondary N) is 1. The van der Waals surface area contributed by atoms with E-state index < -0.39 is 0 Å². The number of benzene rings is 1. The van der Waals surface area contributed by atoms with E-state index in [-0.39, 0.29) is 5.91 Å². The fourth-order valence-corrected chi connectivity index (χ4v) is 2.85. The van der Waals surface area contributed by atoms with Crippen molar-refractivity contribution >= 4 is 28.7 Å². The molecule has 23 heavy (non-hydrogen) atoms. The summed E-state index contributed by atoms with van der Waals surface area (Å²) in [5.74, 6) is 0.843. The molecule has 0 saturated carbocycles. The van der Waals surface area contributed by atoms with Crippen LogP contribution in [0.3, 0.4) is 0 Å². The average molecular weight is 309 g/mol. The molecule has 2 aromatic heterocycles. The van der Waals surface area contributed by atoms with Gasteiger partial charge in [0, 0.05) is 24.3 Å². The lowest BCUT2D eigenvalue weighted by Gasteiger charge is -2.28. The summed E-state index contributed by atoms with van der Waals surface area (Å²) in [4.78, 5) is 13.8. The summed E-state index contributed by atoms with van der Waals surface area (Å²) >= 11 is 0. The molecule has 0 unspecified atom stereocenters. The zero-order valence-electron chi connectivity index (χ0n) is 12.6. The van der Waals surface area contributed by atoms with Gasteiger partial charge in [0.05, 0.1) is 0 Å². The van der Waals surface area contributed by atoms with Crippen LogP contribution in [0.15, 0.2) is 30.3 Å². The number of hydrogen-bond acceptors (Lipinski definition) is 6. The van der Waals surface area contributed by atoms with Gasteiger partial charge in [-0.25, -0.2) is 0 Å². The topological polar surface area (TPSA) is 88.3 Å². The largest absolute Gasteiger partial charge is 0.339 e. The summed E-state index contributed by atoms with van der Waals surface area (Å²) in [7, 11) is 0. The molecule has 1 N–H and O–H groups in total. The van der Waals surface area contributed by atoms with Crippen LogP contribution in [0, 0.1) is 0 Å². The van der Waals surface area contributed by atoms with Gasteiger partial charge >= 0.3 is 0 Å². The van der Waals surface area contributed by atoms with E-state index in [1.54, 1.807) is 6.07 Å². The molecule has 0 radical (unpaired) electrons. The van der Waals surface area contributed by atoms with Gasteiger partial charge in [-0.3, -0.25) is 4.79 Å². The van der Waals surface area contributed by atoms with Crippen molar-refractivity contribution in [2.24, 2.45) is 0 Å². The lowest BCUT2D eigenvalue weighted by Crippen LogP contribution is -2.34. The number of anilines is 3. The van der Waals surface area contributed by atoms with Crippen molar-refractivity contribution in [1.82, 2.24) is 25.3 Å². The number of nitrogens with zero attached hydrogens (tertiary/aromatic N) is 6. The normalized spacial score (nSPS) is 14.1. The van der Waals surface area contributed by atoms with Crippen molar-refractivity contribution in [3.8, 4) is 0 Å². The number of aromatic nitrogens is 5. The van der Waals surface area contributed by atoms with Crippen LogP contribution >= 0.6 is 0 Å². The van der Waals surface area contributed by atoms with Crippen molar-refractivity contribution in [2.75, 3.05) is 16.8 Å². The van der Waals surface area contributed by atoms with Gasteiger partial charge in [-0.15, -0.1) is 14.8 Å². The fraction of sp³-hybridized carbons (Fsp3) is 0.267. The first-order chi connectivity index (χ1) is 11.2. The summed E-state index contributed by atoms with van der Waals surface area (Å²) in [6, 6.07) is 9.62. The van der Waals surface area contributed by atoms with E-state index in [4.69, 9.17) is 0 Å². The van der Waals surface area contributed by atoms with Gasteiger partial charge in [-0.2, -0.15) is 0 Å². The molecular weight excluding hydrogens is 294 g/mol. The molecule has 1 aliphatic heterocycles. The van der Waals surface area contributed by atoms with Crippen LogP contribution < -0.4 is 10.2 Å². The number of amides is 1. The standard InChI is InChI=1S/C15H15N7O/c1-2-21-12-5-4-11(9-10(12)3-8-15(21)23)16-13-6-7-14-17-19-20-22(14)18-13/h4-7,9H,2-3,8H2,1H3,(H,16,18). The Kier molecular flexibility index (Phi) is 3.14. The van der Waals surface area contributed by atoms with Crippen molar-refractivity contribution in [3.05, 3.63) is 35.9 Å². The SMILES string of the molecule is CCN1C(=O)CCc2cc(Nc3ccc4nnnn4n3)ccc21. The highest BCUT2D eigenvalue weighted by Crippen LogP contribution is 2.30. The zero-order chi connectivity index (χ0) is 15.8. The van der Waals surface area contributed by atoms with E-state index in [0.29, 0.717) is 24.4 Å². The minimum Gasteiger partial charge on any atom is -0.339 e. The molecule has 0 saturated heterocycles. The summed E-state index contributed by atoms with van der Waals surface area (Å²) in [6.45, 7) is 2.68. The van der Waals surface area contributed by atoms with Gasteiger partial charge in [-0.05, 0) is 59.7 Å². The first-order valence-corrected chi connectivity index (χ1v) is 7.50. The second-order valence-corrected chi connectivity index (χ2v) is 5.35. The second kappa shape index (κ2) is 5.31. The maximum atomic E-state index is 11.9. The number of aryl methyl sites for hydroxylation is 1. The van der Waals surface area contributed by atoms with Crippen molar-refractivity contribution in [2.45, 2.75) is 19.8 Å². The first kappa shape index (κ1) is 13.6. The van der Waals surface area contributed by atoms with E-state index in [1.165, 1.54) is 10.2 Å². The van der Waals surface area contributed by atoms with Gasteiger partial charge in [-0.1, -0.05) is 0 Å². The highest BCUT2D eigenvalue weighted by Gasteiger charge is 2.22. The van der Waals surface area contributed by atoms with Gasteiger partial charge in [0.15, 0.2) is 11.5 Å². The van der Waals surface area contributed by atoms with E-state index in [9.17, 15) is 4.79 Å². The molecule has 3 heterocycles. The molecule has 0 spiro atoms. The van der Waals surface area contributed by atoms with Crippen LogP contribution in [0.2, 0.25) is 0 Å². The molecule has 0 fully saturated rings. The quantitative estimate of drug-likeness (QED) is 0.790. The van der Waals surface area contributed by atoms with Crippen molar-refractivity contribution < 1.29 is 4.79 Å². The van der Waals surface area contributed by atoms with Crippen LogP contribution in [0.25, 0.3) is 5.65 Å². The molecule has 0 aliphatic carbocycles. The molecule has 3 aromatic rings. The highest BCUT2D eigenvalue weighted by atomic mass is 16.2. The lowest BCUT2D eigenvalue weighted by molar-refractivity contribution is -0.118. The molecule has 0 atom stereocenters. The van der Waals surface area contributed by atoms with Crippen LogP contribution in [0.1, 0.15) is 18.9 Å². The number of carbonyl (C=O) groups is 1. The molecule has 1 aliphatic rings. The maximum absolute atomic E-state index is 11.9. The molecule has 4 rings (SSSR count). The van der Waals surface area contributed by atoms with Gasteiger partial charge in [0.2, 0.25) is 5.91 Å². The number of rotatable bonds is 3. The van der Waals surface area contributed by atoms with Crippen LogP contribution in [-0.4, -0.2) is 37.7 Å². The molecule has 1 amide bonds. The maximum Gasteiger partial charge on any atom is 0.227 e. The fourth-order valence-electron chi connectivity index (χ4n) is 2.85. The molecule has 0 bridgehead atoms. The molecule has 1 aromatic carbocycles. The third kappa shape index (κ3) is 2.37. The van der Waals surface area contributed by atoms with Gasteiger partial charge in [0.1, 0.15) is 0 Å². The Morgan fingerprint density at radius 3 is 3.00 bits per heavy atom. The summed E-state index contributed by atoms with van der Waals surface area (Å²) < 4.78 is 1.37. The minimum atomic E-state index is 0.187. The van der Waals surface area contributed by atoms with Crippen LogP contribution in [0.4, 0.5) is 17.2 Å². The first-order valence-electron chi connectivity index (χ1n) is 7.50. The zero-order valence-corrected chi connectivity index (χ0v) is 12.6. The Hall–Kier alpha value is -3.03. The molecule has 8 heteroatoms. The Balaban J connectivity index is 1.64. The summed E-state index contributed by atoms with van der Waals surface area (Å²) in [6.07, 6.45) is 1.32. The Morgan fingerprint density at radius 1 is 1.22 bits per heavy atom. The van der Waals surface area contributed by atoms with Gasteiger partial charge in [0.25, 0.3) is 0 Å². The molecular formula is C15H15N7O. The third-order valence-electron chi connectivity index (χ3n) is 3.94. The number of hydrogen-bond donors (Lipinski definition) is 1.